The maximum absolute atomic E-state index is 13.0. The third-order valence-corrected chi connectivity index (χ3v) is 4.73. The summed E-state index contributed by atoms with van der Waals surface area (Å²) >= 11 is 0. The molecule has 0 aliphatic carbocycles. The highest BCUT2D eigenvalue weighted by molar-refractivity contribution is 5.97. The van der Waals surface area contributed by atoms with Crippen molar-refractivity contribution in [3.8, 4) is 5.75 Å². The number of carbonyl (C=O) groups excluding carboxylic acids is 1. The molecule has 0 saturated heterocycles. The Hall–Kier alpha value is -3.41. The number of hydrogen-bond donors (Lipinski definition) is 0. The van der Waals surface area contributed by atoms with E-state index in [1.807, 2.05) is 36.4 Å². The smallest absolute Gasteiger partial charge is 0.256 e. The predicted molar refractivity (Wildman–Crippen MR) is 97.9 cm³/mol. The summed E-state index contributed by atoms with van der Waals surface area (Å²) in [6, 6.07) is 16.3. The molecule has 3 aromatic rings. The number of nitro groups is 1. The molecule has 0 amide bonds. The molecule has 0 spiro atoms. The lowest BCUT2D eigenvalue weighted by atomic mass is 9.92. The van der Waals surface area contributed by atoms with E-state index in [9.17, 15) is 14.9 Å². The molecule has 1 atom stereocenters. The summed E-state index contributed by atoms with van der Waals surface area (Å²) in [6.07, 6.45) is 1.55. The summed E-state index contributed by atoms with van der Waals surface area (Å²) in [6.45, 7) is 0. The minimum Gasteiger partial charge on any atom is -0.497 e. The van der Waals surface area contributed by atoms with E-state index in [1.54, 1.807) is 29.9 Å². The van der Waals surface area contributed by atoms with Crippen molar-refractivity contribution >= 4 is 22.9 Å². The average molecular weight is 348 g/mol. The summed E-state index contributed by atoms with van der Waals surface area (Å²) in [5.41, 5.74) is 2.03. The van der Waals surface area contributed by atoms with Gasteiger partial charge < -0.3 is 4.74 Å². The third-order valence-electron chi connectivity index (χ3n) is 4.73. The zero-order chi connectivity index (χ0) is 18.3. The van der Waals surface area contributed by atoms with Crippen molar-refractivity contribution in [1.29, 1.82) is 0 Å². The monoisotopic (exact) mass is 348 g/mol. The second-order valence-corrected chi connectivity index (χ2v) is 6.22. The lowest BCUT2D eigenvalue weighted by molar-refractivity contribution is -0.428. The van der Waals surface area contributed by atoms with E-state index in [0.717, 1.165) is 16.5 Å². The van der Waals surface area contributed by atoms with Gasteiger partial charge in [-0.05, 0) is 29.8 Å². The Morgan fingerprint density at radius 1 is 1.15 bits per heavy atom. The normalized spacial score (nSPS) is 16.7. The molecule has 4 rings (SSSR count). The molecule has 0 bridgehead atoms. The molecule has 0 fully saturated rings. The van der Waals surface area contributed by atoms with Gasteiger partial charge in [0.15, 0.2) is 0 Å². The molecule has 26 heavy (non-hydrogen) atoms. The molecular weight excluding hydrogens is 332 g/mol. The SMILES string of the molecule is COc1ccc2c(c1)cc1n2C(=O)C[C@H](c2ccccc2)C([N+](=O)[O-])=C1. The van der Waals surface area contributed by atoms with Gasteiger partial charge in [0.25, 0.3) is 5.70 Å². The number of rotatable bonds is 3. The van der Waals surface area contributed by atoms with Crippen LogP contribution in [0.3, 0.4) is 0 Å². The van der Waals surface area contributed by atoms with Crippen molar-refractivity contribution in [2.24, 2.45) is 0 Å². The van der Waals surface area contributed by atoms with Gasteiger partial charge in [0.05, 0.1) is 29.2 Å². The molecule has 0 radical (unpaired) electrons. The fraction of sp³-hybridized carbons (Fsp3) is 0.150. The van der Waals surface area contributed by atoms with Crippen molar-refractivity contribution in [1.82, 2.24) is 4.57 Å². The minimum atomic E-state index is -0.577. The van der Waals surface area contributed by atoms with Crippen LogP contribution in [0.5, 0.6) is 5.75 Å². The van der Waals surface area contributed by atoms with Crippen LogP contribution in [0.2, 0.25) is 0 Å². The fourth-order valence-corrected chi connectivity index (χ4v) is 3.50. The van der Waals surface area contributed by atoms with Crippen LogP contribution in [0.25, 0.3) is 17.0 Å². The average Bonchev–Trinajstić information content (AvgIpc) is 2.94. The summed E-state index contributed by atoms with van der Waals surface area (Å²) in [5, 5.41) is 12.5. The van der Waals surface area contributed by atoms with Gasteiger partial charge in [0, 0.05) is 17.9 Å². The van der Waals surface area contributed by atoms with Gasteiger partial charge in [0.1, 0.15) is 5.75 Å². The molecule has 6 nitrogen and oxygen atoms in total. The highest BCUT2D eigenvalue weighted by atomic mass is 16.6. The summed E-state index contributed by atoms with van der Waals surface area (Å²) in [4.78, 5) is 24.3. The number of nitrogens with zero attached hydrogens (tertiary/aromatic N) is 2. The zero-order valence-electron chi connectivity index (χ0n) is 14.1. The summed E-state index contributed by atoms with van der Waals surface area (Å²) < 4.78 is 6.78. The predicted octanol–water partition coefficient (Wildman–Crippen LogP) is 4.10. The first-order valence-electron chi connectivity index (χ1n) is 8.22. The Bertz CT molecular complexity index is 1050. The molecular formula is C20H16N2O4. The molecule has 2 aromatic carbocycles. The standard InChI is InChI=1S/C20H16N2O4/c1-26-16-7-8-18-14(10-16)9-15-11-19(22(24)25)17(12-20(23)21(15)18)13-5-3-2-4-6-13/h2-11,17H,12H2,1H3/t17-/m1/s1. The fourth-order valence-electron chi connectivity index (χ4n) is 3.50. The van der Waals surface area contributed by atoms with Crippen molar-refractivity contribution < 1.29 is 14.5 Å². The van der Waals surface area contributed by atoms with Crippen LogP contribution in [0.1, 0.15) is 28.4 Å². The maximum atomic E-state index is 13.0. The Morgan fingerprint density at radius 3 is 2.62 bits per heavy atom. The van der Waals surface area contributed by atoms with Gasteiger partial charge >= 0.3 is 0 Å². The molecule has 0 unspecified atom stereocenters. The lowest BCUT2D eigenvalue weighted by Crippen LogP contribution is -2.16. The van der Waals surface area contributed by atoms with Crippen LogP contribution in [0.4, 0.5) is 0 Å². The molecule has 6 heteroatoms. The first kappa shape index (κ1) is 16.1. The van der Waals surface area contributed by atoms with E-state index in [2.05, 4.69) is 0 Å². The molecule has 1 aliphatic heterocycles. The van der Waals surface area contributed by atoms with Gasteiger partial charge in [-0.2, -0.15) is 0 Å². The van der Waals surface area contributed by atoms with Crippen molar-refractivity contribution in [3.63, 3.8) is 0 Å². The van der Waals surface area contributed by atoms with Crippen molar-refractivity contribution in [2.75, 3.05) is 7.11 Å². The van der Waals surface area contributed by atoms with Gasteiger partial charge in [-0.3, -0.25) is 19.5 Å². The van der Waals surface area contributed by atoms with Gasteiger partial charge in [0.2, 0.25) is 5.91 Å². The molecule has 130 valence electrons. The van der Waals surface area contributed by atoms with Gasteiger partial charge in [-0.15, -0.1) is 0 Å². The topological polar surface area (TPSA) is 74.4 Å². The second kappa shape index (κ2) is 6.15. The quantitative estimate of drug-likeness (QED) is 0.528. The van der Waals surface area contributed by atoms with E-state index < -0.39 is 10.8 Å². The van der Waals surface area contributed by atoms with Crippen molar-refractivity contribution in [2.45, 2.75) is 12.3 Å². The number of allylic oxidation sites excluding steroid dienone is 1. The van der Waals surface area contributed by atoms with Crippen LogP contribution in [0, 0.1) is 10.1 Å². The highest BCUT2D eigenvalue weighted by Crippen LogP contribution is 2.36. The number of methoxy groups -OCH3 is 1. The second-order valence-electron chi connectivity index (χ2n) is 6.22. The Kier molecular flexibility index (Phi) is 3.80. The van der Waals surface area contributed by atoms with Crippen LogP contribution in [-0.2, 0) is 0 Å². The first-order chi connectivity index (χ1) is 12.6. The van der Waals surface area contributed by atoms with Gasteiger partial charge in [-0.1, -0.05) is 30.3 Å². The summed E-state index contributed by atoms with van der Waals surface area (Å²) in [7, 11) is 1.57. The Balaban J connectivity index is 1.92. The number of ether oxygens (including phenoxy) is 1. The van der Waals surface area contributed by atoms with Gasteiger partial charge in [-0.25, -0.2) is 0 Å². The maximum Gasteiger partial charge on any atom is 0.256 e. The number of hydrogen-bond acceptors (Lipinski definition) is 4. The Morgan fingerprint density at radius 2 is 1.92 bits per heavy atom. The third kappa shape index (κ3) is 2.56. The number of aromatic nitrogens is 1. The number of fused-ring (bicyclic) bond motifs is 3. The zero-order valence-corrected chi connectivity index (χ0v) is 14.1. The van der Waals surface area contributed by atoms with Crippen LogP contribution < -0.4 is 4.74 Å². The molecule has 0 saturated carbocycles. The molecule has 1 aromatic heterocycles. The van der Waals surface area contributed by atoms with E-state index in [4.69, 9.17) is 4.74 Å². The van der Waals surface area contributed by atoms with Crippen LogP contribution in [-0.4, -0.2) is 22.5 Å². The van der Waals surface area contributed by atoms with E-state index >= 15 is 0 Å². The number of carbonyl (C=O) groups is 1. The Labute approximate surface area is 149 Å². The largest absolute Gasteiger partial charge is 0.497 e. The number of benzene rings is 2. The highest BCUT2D eigenvalue weighted by Gasteiger charge is 2.33. The van der Waals surface area contributed by atoms with Crippen molar-refractivity contribution in [3.05, 3.63) is 81.7 Å². The lowest BCUT2D eigenvalue weighted by Gasteiger charge is -2.12. The summed E-state index contributed by atoms with van der Waals surface area (Å²) in [5.74, 6) is -0.0691. The van der Waals surface area contributed by atoms with E-state index in [1.165, 1.54) is 6.08 Å². The molecule has 1 aliphatic rings. The van der Waals surface area contributed by atoms with Crippen LogP contribution in [0.15, 0.2) is 60.3 Å². The molecule has 0 N–H and O–H groups in total. The minimum absolute atomic E-state index is 0.0260. The first-order valence-corrected chi connectivity index (χ1v) is 8.22. The van der Waals surface area contributed by atoms with E-state index in [0.29, 0.717) is 11.4 Å². The van der Waals surface area contributed by atoms with Crippen LogP contribution >= 0.6 is 0 Å². The molecule has 2 heterocycles. The van der Waals surface area contributed by atoms with E-state index in [-0.39, 0.29) is 18.0 Å².